The van der Waals surface area contributed by atoms with Crippen molar-refractivity contribution in [2.24, 2.45) is 0 Å². The first kappa shape index (κ1) is 24.1. The molecule has 0 fully saturated rings. The van der Waals surface area contributed by atoms with Crippen LogP contribution in [0.25, 0.3) is 0 Å². The van der Waals surface area contributed by atoms with Gasteiger partial charge in [-0.15, -0.1) is 32.9 Å². The molecule has 0 atom stereocenters. The fourth-order valence-electron chi connectivity index (χ4n) is 0.235. The summed E-state index contributed by atoms with van der Waals surface area (Å²) in [5, 5.41) is 0. The highest BCUT2D eigenvalue weighted by molar-refractivity contribution is 4.68. The largest absolute Gasteiger partial charge is 0.373 e. The zero-order chi connectivity index (χ0) is 13.7. The van der Waals surface area contributed by atoms with Gasteiger partial charge >= 0.3 is 0 Å². The molecule has 0 unspecified atom stereocenters. The van der Waals surface area contributed by atoms with E-state index in [4.69, 9.17) is 4.74 Å². The Labute approximate surface area is 103 Å². The molecule has 0 amide bonds. The van der Waals surface area contributed by atoms with Crippen LogP contribution in [0.1, 0.15) is 20.8 Å². The Bertz CT molecular complexity index is 123. The second-order valence-electron chi connectivity index (χ2n) is 2.34. The Balaban J connectivity index is -0.0000000677. The molecule has 0 aromatic rings. The van der Waals surface area contributed by atoms with Gasteiger partial charge in [0.25, 0.3) is 0 Å². The maximum Gasteiger partial charge on any atom is 0.0649 e. The van der Waals surface area contributed by atoms with Gasteiger partial charge in [0.2, 0.25) is 0 Å². The van der Waals surface area contributed by atoms with Crippen LogP contribution in [0.4, 0.5) is 0 Å². The highest BCUT2D eigenvalue weighted by Crippen LogP contribution is 1.72. The van der Waals surface area contributed by atoms with Crippen molar-refractivity contribution in [1.82, 2.24) is 0 Å². The van der Waals surface area contributed by atoms with E-state index in [1.165, 1.54) is 0 Å². The molecule has 0 radical (unpaired) electrons. The van der Waals surface area contributed by atoms with E-state index in [9.17, 15) is 0 Å². The highest BCUT2D eigenvalue weighted by atomic mass is 16.5. The van der Waals surface area contributed by atoms with E-state index in [1.807, 2.05) is 20.8 Å². The van der Waals surface area contributed by atoms with Crippen LogP contribution in [0, 0.1) is 0 Å². The number of rotatable bonds is 4. The molecule has 0 saturated carbocycles. The Hall–Kier alpha value is -1.34. The van der Waals surface area contributed by atoms with E-state index in [0.717, 1.165) is 0 Å². The Morgan fingerprint density at radius 3 is 1.00 bits per heavy atom. The van der Waals surface area contributed by atoms with Gasteiger partial charge in [-0.3, -0.25) is 0 Å². The minimum Gasteiger partial charge on any atom is -0.373 e. The summed E-state index contributed by atoms with van der Waals surface area (Å²) in [5.74, 6) is 0. The molecule has 0 aliphatic heterocycles. The summed E-state index contributed by atoms with van der Waals surface area (Å²) in [4.78, 5) is 0. The summed E-state index contributed by atoms with van der Waals surface area (Å²) in [6.45, 7) is 23.9. The highest BCUT2D eigenvalue weighted by Gasteiger charge is 1.70. The predicted molar refractivity (Wildman–Crippen MR) is 78.8 cm³/mol. The molecule has 0 bridgehead atoms. The fraction of sp³-hybridized carbons (Fsp3) is 0.333. The average molecular weight is 224 g/mol. The first-order valence-electron chi connectivity index (χ1n) is 5.17. The third-order valence-corrected chi connectivity index (χ3v) is 0.471. The molecule has 16 heavy (non-hydrogen) atoms. The van der Waals surface area contributed by atoms with Crippen LogP contribution in [0.3, 0.4) is 0 Å². The second-order valence-corrected chi connectivity index (χ2v) is 2.34. The van der Waals surface area contributed by atoms with E-state index in [0.29, 0.717) is 13.2 Å². The van der Waals surface area contributed by atoms with Crippen molar-refractivity contribution in [3.05, 3.63) is 63.3 Å². The third kappa shape index (κ3) is 243. The van der Waals surface area contributed by atoms with Crippen LogP contribution < -0.4 is 0 Å². The smallest absolute Gasteiger partial charge is 0.0649 e. The van der Waals surface area contributed by atoms with Crippen LogP contribution in [0.2, 0.25) is 0 Å². The summed E-state index contributed by atoms with van der Waals surface area (Å²) < 4.78 is 4.90. The monoisotopic (exact) mass is 224 g/mol. The van der Waals surface area contributed by atoms with E-state index in [2.05, 4.69) is 32.9 Å². The summed E-state index contributed by atoms with van der Waals surface area (Å²) >= 11 is 0. The fourth-order valence-corrected chi connectivity index (χ4v) is 0.235. The topological polar surface area (TPSA) is 9.23 Å². The van der Waals surface area contributed by atoms with Crippen LogP contribution in [0.5, 0.6) is 0 Å². The van der Waals surface area contributed by atoms with Gasteiger partial charge in [-0.2, -0.15) is 0 Å². The first-order valence-corrected chi connectivity index (χ1v) is 5.17. The molecule has 0 aliphatic carbocycles. The molecule has 0 rings (SSSR count). The van der Waals surface area contributed by atoms with Crippen molar-refractivity contribution in [2.45, 2.75) is 20.8 Å². The average Bonchev–Trinajstić information content (AvgIpc) is 2.22. The molecule has 0 aromatic carbocycles. The van der Waals surface area contributed by atoms with Crippen molar-refractivity contribution >= 4 is 0 Å². The van der Waals surface area contributed by atoms with Gasteiger partial charge in [-0.25, -0.2) is 0 Å². The lowest BCUT2D eigenvalue weighted by molar-refractivity contribution is 0.194. The number of hydrogen-bond acceptors (Lipinski definition) is 1. The zero-order valence-electron chi connectivity index (χ0n) is 11.2. The van der Waals surface area contributed by atoms with Gasteiger partial charge in [-0.05, 0) is 20.8 Å². The molecule has 0 heterocycles. The van der Waals surface area contributed by atoms with E-state index < -0.39 is 0 Å². The minimum absolute atomic E-state index is 0.617. The molecular formula is C15H28O. The Morgan fingerprint density at radius 1 is 0.688 bits per heavy atom. The number of allylic oxidation sites excluding steroid dienone is 3. The van der Waals surface area contributed by atoms with E-state index >= 15 is 0 Å². The predicted octanol–water partition coefficient (Wildman–Crippen LogP) is 4.95. The molecule has 0 aliphatic rings. The SMILES string of the molecule is C=CC.C=CC.C=CC.C=CCOCC=C. The third-order valence-electron chi connectivity index (χ3n) is 0.471. The Kier molecular flexibility index (Phi) is 74.3. The zero-order valence-corrected chi connectivity index (χ0v) is 11.2. The van der Waals surface area contributed by atoms with Crippen molar-refractivity contribution in [2.75, 3.05) is 13.2 Å². The first-order chi connectivity index (χ1) is 7.66. The molecule has 1 nitrogen and oxygen atoms in total. The quantitative estimate of drug-likeness (QED) is 0.485. The maximum atomic E-state index is 4.90. The van der Waals surface area contributed by atoms with Gasteiger partial charge in [0.1, 0.15) is 0 Å². The van der Waals surface area contributed by atoms with Gasteiger partial charge in [0, 0.05) is 0 Å². The molecule has 0 aromatic heterocycles. The maximum absolute atomic E-state index is 4.90. The van der Waals surface area contributed by atoms with Crippen LogP contribution in [-0.4, -0.2) is 13.2 Å². The van der Waals surface area contributed by atoms with E-state index in [-0.39, 0.29) is 0 Å². The van der Waals surface area contributed by atoms with Gasteiger partial charge in [0.15, 0.2) is 0 Å². The van der Waals surface area contributed by atoms with Gasteiger partial charge in [-0.1, -0.05) is 30.4 Å². The minimum atomic E-state index is 0.617. The molecule has 0 N–H and O–H groups in total. The summed E-state index contributed by atoms with van der Waals surface area (Å²) in [6.07, 6.45) is 8.67. The lowest BCUT2D eigenvalue weighted by atomic mass is 10.6. The van der Waals surface area contributed by atoms with Crippen LogP contribution in [0.15, 0.2) is 63.3 Å². The Morgan fingerprint density at radius 2 is 0.875 bits per heavy atom. The van der Waals surface area contributed by atoms with Crippen molar-refractivity contribution in [3.63, 3.8) is 0 Å². The molecule has 1 heteroatoms. The van der Waals surface area contributed by atoms with E-state index in [1.54, 1.807) is 30.4 Å². The standard InChI is InChI=1S/C6H10O.3C3H6/c1-3-5-7-6-4-2;3*1-3-2/h3-4H,1-2,5-6H2;3*3H,1H2,2H3. The lowest BCUT2D eigenvalue weighted by Gasteiger charge is -1.89. The molecular weight excluding hydrogens is 196 g/mol. The van der Waals surface area contributed by atoms with Crippen molar-refractivity contribution in [3.8, 4) is 0 Å². The van der Waals surface area contributed by atoms with Crippen LogP contribution >= 0.6 is 0 Å². The summed E-state index contributed by atoms with van der Waals surface area (Å²) in [5.41, 5.74) is 0. The van der Waals surface area contributed by atoms with Gasteiger partial charge in [0.05, 0.1) is 13.2 Å². The number of ether oxygens (including phenoxy) is 1. The summed E-state index contributed by atoms with van der Waals surface area (Å²) in [6, 6.07) is 0. The van der Waals surface area contributed by atoms with Crippen molar-refractivity contribution < 1.29 is 4.74 Å². The van der Waals surface area contributed by atoms with Gasteiger partial charge < -0.3 is 4.74 Å². The lowest BCUT2D eigenvalue weighted by Crippen LogP contribution is -1.87. The van der Waals surface area contributed by atoms with Crippen LogP contribution in [-0.2, 0) is 4.74 Å². The second kappa shape index (κ2) is 49.4. The number of hydrogen-bond donors (Lipinski definition) is 0. The molecule has 94 valence electrons. The van der Waals surface area contributed by atoms with Crippen molar-refractivity contribution in [1.29, 1.82) is 0 Å². The normalized spacial score (nSPS) is 5.94. The molecule has 0 spiro atoms. The summed E-state index contributed by atoms with van der Waals surface area (Å²) in [7, 11) is 0. The molecule has 0 saturated heterocycles.